The molecule has 0 aliphatic carbocycles. The first-order chi connectivity index (χ1) is 13.7. The van der Waals surface area contributed by atoms with Crippen LogP contribution >= 0.6 is 24.0 Å². The van der Waals surface area contributed by atoms with Crippen LogP contribution < -0.4 is 10.5 Å². The molecule has 8 heteroatoms. The first-order valence-corrected chi connectivity index (χ1v) is 11.1. The molecular weight excluding hydrogens is 404 g/mol. The van der Waals surface area contributed by atoms with Crippen LogP contribution in [0.3, 0.4) is 0 Å². The topological polar surface area (TPSA) is 69.3 Å². The standard InChI is InChI=1S/C21H26N4O2S2/c1-6-25-20(27)17(29-21(25)28)8-15-14(4)16(9-22)19(26)23(5)18(15)24-10-12(2)7-13(3)11-24/h8,12-13H,6-7,10-11H2,1-5H3/b17-8-. The molecule has 2 atom stereocenters. The highest BCUT2D eigenvalue weighted by Crippen LogP contribution is 2.36. The Morgan fingerprint density at radius 1 is 1.28 bits per heavy atom. The van der Waals surface area contributed by atoms with E-state index in [0.29, 0.717) is 33.2 Å². The highest BCUT2D eigenvalue weighted by atomic mass is 32.2. The average molecular weight is 431 g/mol. The Kier molecular flexibility index (Phi) is 6.20. The van der Waals surface area contributed by atoms with E-state index in [-0.39, 0.29) is 17.0 Å². The number of hydrogen-bond acceptors (Lipinski definition) is 6. The second-order valence-corrected chi connectivity index (χ2v) is 9.67. The molecule has 0 radical (unpaired) electrons. The van der Waals surface area contributed by atoms with Crippen molar-refractivity contribution in [2.75, 3.05) is 24.5 Å². The Morgan fingerprint density at radius 2 is 1.90 bits per heavy atom. The summed E-state index contributed by atoms with van der Waals surface area (Å²) in [6.45, 7) is 10.3. The van der Waals surface area contributed by atoms with Gasteiger partial charge in [-0.05, 0) is 43.7 Å². The minimum atomic E-state index is -0.302. The fraction of sp³-hybridized carbons (Fsp3) is 0.524. The molecule has 1 amide bonds. The summed E-state index contributed by atoms with van der Waals surface area (Å²) in [5.41, 5.74) is 1.18. The molecule has 3 heterocycles. The Balaban J connectivity index is 2.23. The van der Waals surface area contributed by atoms with Gasteiger partial charge in [0.25, 0.3) is 11.5 Å². The largest absolute Gasteiger partial charge is 0.357 e. The number of rotatable bonds is 3. The second-order valence-electron chi connectivity index (χ2n) is 7.99. The molecule has 154 valence electrons. The number of thioether (sulfide) groups is 1. The zero-order chi connectivity index (χ0) is 21.5. The summed E-state index contributed by atoms with van der Waals surface area (Å²) in [6.07, 6.45) is 2.95. The number of piperidine rings is 1. The van der Waals surface area contributed by atoms with Gasteiger partial charge in [-0.1, -0.05) is 37.8 Å². The van der Waals surface area contributed by atoms with Crippen LogP contribution in [0.5, 0.6) is 0 Å². The van der Waals surface area contributed by atoms with Crippen LogP contribution in [0.25, 0.3) is 6.08 Å². The lowest BCUT2D eigenvalue weighted by molar-refractivity contribution is -0.121. The lowest BCUT2D eigenvalue weighted by atomic mass is 9.91. The van der Waals surface area contributed by atoms with Gasteiger partial charge in [0.1, 0.15) is 21.8 Å². The van der Waals surface area contributed by atoms with Crippen LogP contribution in [-0.2, 0) is 11.8 Å². The van der Waals surface area contributed by atoms with Crippen LogP contribution in [-0.4, -0.2) is 39.3 Å². The van der Waals surface area contributed by atoms with E-state index in [1.807, 2.05) is 19.1 Å². The molecule has 0 spiro atoms. The molecule has 0 N–H and O–H groups in total. The van der Waals surface area contributed by atoms with E-state index in [0.717, 1.165) is 30.9 Å². The van der Waals surface area contributed by atoms with Crippen molar-refractivity contribution in [3.63, 3.8) is 0 Å². The Hall–Kier alpha value is -2.11. The maximum Gasteiger partial charge on any atom is 0.270 e. The summed E-state index contributed by atoms with van der Waals surface area (Å²) in [5, 5.41) is 9.57. The predicted octanol–water partition coefficient (Wildman–Crippen LogP) is 3.27. The minimum absolute atomic E-state index is 0.117. The average Bonchev–Trinajstić information content (AvgIpc) is 2.92. The summed E-state index contributed by atoms with van der Waals surface area (Å²) in [5.74, 6) is 1.64. The summed E-state index contributed by atoms with van der Waals surface area (Å²) < 4.78 is 2.09. The Labute approximate surface area is 181 Å². The first-order valence-electron chi connectivity index (χ1n) is 9.83. The maximum absolute atomic E-state index is 12.8. The van der Waals surface area contributed by atoms with Gasteiger partial charge < -0.3 is 4.90 Å². The molecule has 1 aromatic rings. The minimum Gasteiger partial charge on any atom is -0.357 e. The molecule has 2 unspecified atom stereocenters. The highest BCUT2D eigenvalue weighted by molar-refractivity contribution is 8.26. The van der Waals surface area contributed by atoms with Gasteiger partial charge in [0.15, 0.2) is 0 Å². The lowest BCUT2D eigenvalue weighted by Gasteiger charge is -2.38. The Bertz CT molecular complexity index is 995. The monoisotopic (exact) mass is 430 g/mol. The summed E-state index contributed by atoms with van der Waals surface area (Å²) in [6, 6.07) is 2.05. The van der Waals surface area contributed by atoms with Gasteiger partial charge in [0.05, 0.1) is 4.91 Å². The molecule has 0 aromatic carbocycles. The van der Waals surface area contributed by atoms with Gasteiger partial charge in [-0.15, -0.1) is 0 Å². The molecule has 2 aliphatic rings. The van der Waals surface area contributed by atoms with Crippen molar-refractivity contribution < 1.29 is 4.79 Å². The number of aromatic nitrogens is 1. The summed E-state index contributed by atoms with van der Waals surface area (Å²) in [4.78, 5) is 29.9. The molecule has 0 saturated carbocycles. The number of nitrogens with zero attached hydrogens (tertiary/aromatic N) is 4. The second kappa shape index (κ2) is 8.33. The van der Waals surface area contributed by atoms with E-state index in [1.54, 1.807) is 23.4 Å². The summed E-state index contributed by atoms with van der Waals surface area (Å²) >= 11 is 6.61. The fourth-order valence-corrected chi connectivity index (χ4v) is 5.70. The zero-order valence-corrected chi connectivity index (χ0v) is 19.1. The number of pyridine rings is 1. The van der Waals surface area contributed by atoms with Gasteiger partial charge in [0, 0.05) is 32.2 Å². The van der Waals surface area contributed by atoms with Crippen molar-refractivity contribution in [2.45, 2.75) is 34.1 Å². The van der Waals surface area contributed by atoms with E-state index >= 15 is 0 Å². The number of hydrogen-bond donors (Lipinski definition) is 0. The van der Waals surface area contributed by atoms with Crippen molar-refractivity contribution in [3.8, 4) is 6.07 Å². The van der Waals surface area contributed by atoms with Gasteiger partial charge in [-0.3, -0.25) is 19.1 Å². The van der Waals surface area contributed by atoms with Crippen molar-refractivity contribution in [1.82, 2.24) is 9.47 Å². The van der Waals surface area contributed by atoms with Gasteiger partial charge in [0.2, 0.25) is 0 Å². The zero-order valence-electron chi connectivity index (χ0n) is 17.5. The van der Waals surface area contributed by atoms with Gasteiger partial charge in [-0.25, -0.2) is 0 Å². The number of carbonyl (C=O) groups excluding carboxylic acids is 1. The molecule has 29 heavy (non-hydrogen) atoms. The van der Waals surface area contributed by atoms with Gasteiger partial charge in [-0.2, -0.15) is 5.26 Å². The first kappa shape index (κ1) is 21.6. The SMILES string of the molecule is CCN1C(=O)/C(=C/c2c(C)c(C#N)c(=O)n(C)c2N2CC(C)CC(C)C2)SC1=S. The van der Waals surface area contributed by atoms with E-state index in [1.165, 1.54) is 11.8 Å². The van der Waals surface area contributed by atoms with Crippen LogP contribution in [0.15, 0.2) is 9.70 Å². The third-order valence-electron chi connectivity index (χ3n) is 5.60. The number of likely N-dealkylation sites (N-methyl/N-ethyl adjacent to an activating group) is 1. The number of thiocarbonyl (C=S) groups is 1. The fourth-order valence-electron chi connectivity index (χ4n) is 4.33. The van der Waals surface area contributed by atoms with E-state index in [4.69, 9.17) is 12.2 Å². The van der Waals surface area contributed by atoms with E-state index in [9.17, 15) is 14.9 Å². The number of anilines is 1. The van der Waals surface area contributed by atoms with Crippen molar-refractivity contribution >= 4 is 46.1 Å². The normalized spacial score (nSPS) is 23.8. The molecule has 2 saturated heterocycles. The van der Waals surface area contributed by atoms with Crippen LogP contribution in [0.2, 0.25) is 0 Å². The van der Waals surface area contributed by atoms with Crippen LogP contribution in [0.4, 0.5) is 5.82 Å². The summed E-state index contributed by atoms with van der Waals surface area (Å²) in [7, 11) is 1.70. The van der Waals surface area contributed by atoms with Crippen molar-refractivity contribution in [1.29, 1.82) is 5.26 Å². The lowest BCUT2D eigenvalue weighted by Crippen LogP contribution is -2.42. The van der Waals surface area contributed by atoms with Crippen molar-refractivity contribution in [3.05, 3.63) is 31.9 Å². The van der Waals surface area contributed by atoms with Crippen LogP contribution in [0.1, 0.15) is 43.9 Å². The maximum atomic E-state index is 12.8. The number of nitriles is 1. The molecule has 6 nitrogen and oxygen atoms in total. The third kappa shape index (κ3) is 3.86. The van der Waals surface area contributed by atoms with Crippen LogP contribution in [0, 0.1) is 30.1 Å². The third-order valence-corrected chi connectivity index (χ3v) is 6.98. The predicted molar refractivity (Wildman–Crippen MR) is 122 cm³/mol. The van der Waals surface area contributed by atoms with E-state index in [2.05, 4.69) is 18.7 Å². The molecule has 1 aromatic heterocycles. The van der Waals surface area contributed by atoms with Gasteiger partial charge >= 0.3 is 0 Å². The molecular formula is C21H26N4O2S2. The molecule has 0 bridgehead atoms. The van der Waals surface area contributed by atoms with Crippen molar-refractivity contribution in [2.24, 2.45) is 18.9 Å². The van der Waals surface area contributed by atoms with E-state index < -0.39 is 0 Å². The number of amides is 1. The smallest absolute Gasteiger partial charge is 0.270 e. The molecule has 3 rings (SSSR count). The molecule has 2 fully saturated rings. The number of carbonyl (C=O) groups is 1. The molecule has 2 aliphatic heterocycles. The highest BCUT2D eigenvalue weighted by Gasteiger charge is 2.33. The quantitative estimate of drug-likeness (QED) is 0.542. The Morgan fingerprint density at radius 3 is 2.41 bits per heavy atom.